The Morgan fingerprint density at radius 3 is 0.866 bits per heavy atom. The maximum Gasteiger partial charge on any atom is 0.326 e. The number of nitrogens with two attached hydrogens (primary N) is 10. The zero-order valence-electron chi connectivity index (χ0n) is 49.2. The van der Waals surface area contributed by atoms with Gasteiger partial charge in [0, 0.05) is 13.1 Å². The highest BCUT2D eigenvalue weighted by Crippen LogP contribution is 2.13. The number of nitrogens with one attached hydrogen (secondary N) is 6. The van der Waals surface area contributed by atoms with E-state index in [0.29, 0.717) is 168 Å². The molecule has 0 unspecified atom stereocenters. The predicted octanol–water partition coefficient (Wildman–Crippen LogP) is -3.65. The zero-order valence-corrected chi connectivity index (χ0v) is 49.2. The van der Waals surface area contributed by atoms with Crippen molar-refractivity contribution < 1.29 is 48.3 Å². The smallest absolute Gasteiger partial charge is 0.326 e. The van der Waals surface area contributed by atoms with Crippen molar-refractivity contribution in [1.29, 1.82) is 0 Å². The van der Waals surface area contributed by atoms with Gasteiger partial charge >= 0.3 is 5.97 Å². The number of hydrogen-bond acceptors (Lipinski definition) is 19. The predicted molar refractivity (Wildman–Crippen MR) is 317 cm³/mol. The minimum absolute atomic E-state index is 0.0364. The number of amides is 8. The van der Waals surface area contributed by atoms with Crippen LogP contribution in [0.5, 0.6) is 0 Å². The summed E-state index contributed by atoms with van der Waals surface area (Å²) in [6, 6.07) is -7.94. The molecule has 0 fully saturated rings. The molecule has 0 aliphatic carbocycles. The Labute approximate surface area is 487 Å². The van der Waals surface area contributed by atoms with Crippen LogP contribution in [0.25, 0.3) is 0 Å². The molecular formula is C54H110N18O10. The minimum atomic E-state index is -1.24. The summed E-state index contributed by atoms with van der Waals surface area (Å²) in [5, 5.41) is 26.3. The highest BCUT2D eigenvalue weighted by atomic mass is 16.4. The lowest BCUT2D eigenvalue weighted by Gasteiger charge is -2.31. The first-order chi connectivity index (χ1) is 39.4. The molecule has 0 saturated carbocycles. The van der Waals surface area contributed by atoms with Gasteiger partial charge in [-0.15, -0.1) is 0 Å². The van der Waals surface area contributed by atoms with Crippen LogP contribution in [-0.4, -0.2) is 196 Å². The lowest BCUT2D eigenvalue weighted by atomic mass is 10.0. The molecule has 82 heavy (non-hydrogen) atoms. The van der Waals surface area contributed by atoms with Crippen LogP contribution in [0.4, 0.5) is 0 Å². The summed E-state index contributed by atoms with van der Waals surface area (Å²) < 4.78 is 0. The first-order valence-corrected chi connectivity index (χ1v) is 30.1. The third kappa shape index (κ3) is 35.1. The van der Waals surface area contributed by atoms with Gasteiger partial charge in [-0.3, -0.25) is 38.4 Å². The van der Waals surface area contributed by atoms with Gasteiger partial charge in [0.1, 0.15) is 36.3 Å². The second kappa shape index (κ2) is 49.3. The fourth-order valence-corrected chi connectivity index (χ4v) is 8.97. The second-order valence-corrected chi connectivity index (χ2v) is 20.9. The molecule has 0 aromatic rings. The highest BCUT2D eigenvalue weighted by molar-refractivity contribution is 5.97. The molecule has 0 aromatic carbocycles. The average molecular weight is 1170 g/mol. The number of aliphatic carboxylic acids is 1. The van der Waals surface area contributed by atoms with Crippen LogP contribution in [0, 0.1) is 0 Å². The number of carboxylic acid groups (broad SMARTS) is 1. The molecule has 28 nitrogen and oxygen atoms in total. The highest BCUT2D eigenvalue weighted by Gasteiger charge is 2.34. The van der Waals surface area contributed by atoms with E-state index in [9.17, 15) is 48.3 Å². The Hall–Kier alpha value is -5.17. The number of hydrogen-bond donors (Lipinski definition) is 17. The van der Waals surface area contributed by atoms with Gasteiger partial charge in [-0.25, -0.2) is 4.79 Å². The summed E-state index contributed by atoms with van der Waals surface area (Å²) in [6.45, 7) is 2.07. The van der Waals surface area contributed by atoms with Crippen LogP contribution in [0.15, 0.2) is 0 Å². The third-order valence-corrected chi connectivity index (χ3v) is 13.8. The number of carbonyl (C=O) groups excluding carboxylic acids is 8. The van der Waals surface area contributed by atoms with Crippen molar-refractivity contribution in [3.63, 3.8) is 0 Å². The molecule has 476 valence electrons. The van der Waals surface area contributed by atoms with Gasteiger partial charge in [-0.2, -0.15) is 0 Å². The lowest BCUT2D eigenvalue weighted by molar-refractivity contribution is -0.142. The zero-order chi connectivity index (χ0) is 61.5. The molecule has 0 aliphatic rings. The monoisotopic (exact) mass is 1170 g/mol. The van der Waals surface area contributed by atoms with Crippen molar-refractivity contribution in [2.24, 2.45) is 57.3 Å². The molecule has 0 radical (unpaired) electrons. The standard InChI is InChI=1S/C54H110N18O10/c55-26-8-1-19-39(64)48(75)68-43(23-5-12-30-59)52(79)71(35-17-15-33-62)37-47(74)66-41(21-3-10-28-57)50(77)69-44(24-6-13-31-60)53(80)72(36-18-16-34-63)38-46(73)65-40(20-2-9-27-56)49(76)67-42(22-4-11-29-58)51(78)70-45(54(81)82)25-7-14-32-61/h39-45H,1-38,55-64H2,(H,65,73)(H,66,74)(H,67,76)(H,68,75)(H,69,77)(H,70,78)(H,81,82)/t39-,40-,41-,42-,43-,44-,45-/m0/s1. The Balaban J connectivity index is 6.92. The Morgan fingerprint density at radius 2 is 0.549 bits per heavy atom. The van der Waals surface area contributed by atoms with Gasteiger partial charge in [0.2, 0.25) is 47.3 Å². The van der Waals surface area contributed by atoms with Crippen LogP contribution >= 0.6 is 0 Å². The Kier molecular flexibility index (Phi) is 46.2. The third-order valence-electron chi connectivity index (χ3n) is 13.8. The number of nitrogens with zero attached hydrogens (tertiary/aromatic N) is 2. The van der Waals surface area contributed by atoms with E-state index in [1.807, 2.05) is 0 Å². The summed E-state index contributed by atoms with van der Waals surface area (Å²) in [6.07, 6.45) is 10.00. The van der Waals surface area contributed by atoms with Crippen molar-refractivity contribution in [3.05, 3.63) is 0 Å². The molecule has 0 bridgehead atoms. The van der Waals surface area contributed by atoms with Gasteiger partial charge in [-0.05, 0) is 213 Å². The number of carbonyl (C=O) groups is 9. The van der Waals surface area contributed by atoms with E-state index in [1.165, 1.54) is 9.80 Å². The van der Waals surface area contributed by atoms with Gasteiger partial charge < -0.3 is 104 Å². The van der Waals surface area contributed by atoms with Crippen molar-refractivity contribution in [3.8, 4) is 0 Å². The first kappa shape index (κ1) is 76.8. The Morgan fingerprint density at radius 1 is 0.305 bits per heavy atom. The van der Waals surface area contributed by atoms with E-state index >= 15 is 0 Å². The molecule has 7 atom stereocenters. The van der Waals surface area contributed by atoms with Crippen LogP contribution in [0.2, 0.25) is 0 Å². The molecule has 0 rings (SSSR count). The fourth-order valence-electron chi connectivity index (χ4n) is 8.97. The molecule has 0 aromatic heterocycles. The van der Waals surface area contributed by atoms with Crippen molar-refractivity contribution in [2.75, 3.05) is 85.1 Å². The first-order valence-electron chi connectivity index (χ1n) is 30.1. The topological polar surface area (TPSA) is 513 Å². The van der Waals surface area contributed by atoms with Gasteiger partial charge in [0.25, 0.3) is 0 Å². The molecule has 0 heterocycles. The largest absolute Gasteiger partial charge is 0.480 e. The van der Waals surface area contributed by atoms with E-state index in [2.05, 4.69) is 31.9 Å². The molecule has 27 N–H and O–H groups in total. The SMILES string of the molecule is NCCCC[C@H](NC(=O)[C@H](CCCCN)NC(=O)[C@H](CCCCN)NC(=O)CN(CCCCN)C(=O)[C@H](CCCCN)NC(=O)[C@H](CCCCN)NC(=O)CN(CCCCN)C(=O)[C@H](CCCCN)NC(=O)[C@@H](N)CCCCN)C(=O)O. The van der Waals surface area contributed by atoms with Gasteiger partial charge in [0.05, 0.1) is 19.1 Å². The van der Waals surface area contributed by atoms with Crippen molar-refractivity contribution >= 4 is 53.2 Å². The molecule has 0 saturated heterocycles. The summed E-state index contributed by atoms with van der Waals surface area (Å²) in [4.78, 5) is 127. The molecule has 0 aliphatic heterocycles. The summed E-state index contributed by atoms with van der Waals surface area (Å²) in [7, 11) is 0. The van der Waals surface area contributed by atoms with E-state index in [4.69, 9.17) is 57.3 Å². The van der Waals surface area contributed by atoms with E-state index in [0.717, 1.165) is 0 Å². The van der Waals surface area contributed by atoms with E-state index < -0.39 is 109 Å². The quantitative estimate of drug-likeness (QED) is 0.0261. The summed E-state index contributed by atoms with van der Waals surface area (Å²) >= 11 is 0. The fraction of sp³-hybridized carbons (Fsp3) is 0.833. The van der Waals surface area contributed by atoms with Crippen molar-refractivity contribution in [1.82, 2.24) is 41.7 Å². The van der Waals surface area contributed by atoms with Crippen LogP contribution in [0.1, 0.15) is 161 Å². The van der Waals surface area contributed by atoms with E-state index in [1.54, 1.807) is 0 Å². The molecule has 0 spiro atoms. The number of rotatable bonds is 53. The van der Waals surface area contributed by atoms with E-state index in [-0.39, 0.29) is 64.7 Å². The summed E-state index contributed by atoms with van der Waals surface area (Å²) in [5.41, 5.74) is 58.0. The Bertz CT molecular complexity index is 1810. The maximum atomic E-state index is 14.8. The minimum Gasteiger partial charge on any atom is -0.480 e. The molecule has 28 heteroatoms. The molecular weight excluding hydrogens is 1060 g/mol. The van der Waals surface area contributed by atoms with Crippen molar-refractivity contribution in [2.45, 2.75) is 203 Å². The average Bonchev–Trinajstić information content (AvgIpc) is 3.50. The molecule has 8 amide bonds. The normalized spacial score (nSPS) is 13.8. The second-order valence-electron chi connectivity index (χ2n) is 20.9. The van der Waals surface area contributed by atoms with Crippen LogP contribution in [0.3, 0.4) is 0 Å². The lowest BCUT2D eigenvalue weighted by Crippen LogP contribution is -2.58. The van der Waals surface area contributed by atoms with Gasteiger partial charge in [0.15, 0.2) is 0 Å². The number of carboxylic acids is 1. The van der Waals surface area contributed by atoms with Crippen LogP contribution < -0.4 is 89.2 Å². The summed E-state index contributed by atoms with van der Waals surface area (Å²) in [5.74, 6) is -6.44. The maximum absolute atomic E-state index is 14.8. The van der Waals surface area contributed by atoms with Gasteiger partial charge in [-0.1, -0.05) is 6.42 Å². The van der Waals surface area contributed by atoms with Crippen LogP contribution in [-0.2, 0) is 43.2 Å². The number of unbranched alkanes of at least 4 members (excludes halogenated alkanes) is 9.